The van der Waals surface area contributed by atoms with Crippen LogP contribution < -0.4 is 30.4 Å². The normalized spacial score (nSPS) is 9.93. The lowest BCUT2D eigenvalue weighted by Crippen LogP contribution is -2.44. The molecule has 2 amide bonds. The molecule has 0 aromatic heterocycles. The van der Waals surface area contributed by atoms with Gasteiger partial charge in [-0.3, -0.25) is 20.4 Å². The summed E-state index contributed by atoms with van der Waals surface area (Å²) < 4.78 is 28.6. The highest BCUT2D eigenvalue weighted by molar-refractivity contribution is 5.97. The number of carbonyl (C=O) groups is 2. The van der Waals surface area contributed by atoms with E-state index >= 15 is 0 Å². The average Bonchev–Trinajstić information content (AvgIpc) is 2.69. The van der Waals surface area contributed by atoms with Gasteiger partial charge < -0.3 is 19.5 Å². The van der Waals surface area contributed by atoms with Crippen molar-refractivity contribution in [1.29, 1.82) is 0 Å². The fraction of sp³-hybridized carbons (Fsp3) is 0.222. The Labute approximate surface area is 155 Å². The van der Waals surface area contributed by atoms with Gasteiger partial charge in [0.25, 0.3) is 11.8 Å². The van der Waals surface area contributed by atoms with Gasteiger partial charge in [0.1, 0.15) is 5.82 Å². The molecule has 2 aromatic carbocycles. The quantitative estimate of drug-likeness (QED) is 0.636. The number of hydrogen-bond acceptors (Lipinski definition) is 6. The first-order valence-corrected chi connectivity index (χ1v) is 7.87. The van der Waals surface area contributed by atoms with E-state index in [1.165, 1.54) is 51.7 Å². The first-order valence-electron chi connectivity index (χ1n) is 7.87. The highest BCUT2D eigenvalue weighted by atomic mass is 19.1. The van der Waals surface area contributed by atoms with Gasteiger partial charge in [-0.15, -0.1) is 0 Å². The van der Waals surface area contributed by atoms with Crippen LogP contribution in [0.2, 0.25) is 0 Å². The molecule has 0 saturated heterocycles. The molecule has 0 spiro atoms. The minimum absolute atomic E-state index is 0.154. The largest absolute Gasteiger partial charge is 0.493 e. The van der Waals surface area contributed by atoms with Crippen molar-refractivity contribution in [2.45, 2.75) is 0 Å². The van der Waals surface area contributed by atoms with Gasteiger partial charge >= 0.3 is 0 Å². The molecule has 0 bridgehead atoms. The monoisotopic (exact) mass is 377 g/mol. The van der Waals surface area contributed by atoms with Crippen LogP contribution in [0.1, 0.15) is 10.4 Å². The van der Waals surface area contributed by atoms with Crippen molar-refractivity contribution < 1.29 is 28.2 Å². The van der Waals surface area contributed by atoms with E-state index in [2.05, 4.69) is 16.2 Å². The molecule has 8 nitrogen and oxygen atoms in total. The van der Waals surface area contributed by atoms with Crippen molar-refractivity contribution in [3.8, 4) is 17.2 Å². The van der Waals surface area contributed by atoms with Crippen molar-refractivity contribution in [2.24, 2.45) is 0 Å². The summed E-state index contributed by atoms with van der Waals surface area (Å²) in [5, 5.41) is 2.74. The van der Waals surface area contributed by atoms with E-state index in [4.69, 9.17) is 14.2 Å². The summed E-state index contributed by atoms with van der Waals surface area (Å²) >= 11 is 0. The molecule has 0 aliphatic carbocycles. The van der Waals surface area contributed by atoms with Crippen LogP contribution in [0.25, 0.3) is 0 Å². The molecule has 0 aliphatic heterocycles. The number of hydrazine groups is 1. The Kier molecular flexibility index (Phi) is 6.81. The standard InChI is InChI=1S/C18H20FN3O5/c1-25-14-7-11(8-15(26-2)17(14)27-3)18(24)22-21-16(23)10-20-13-6-4-5-12(19)9-13/h4-9,20H,10H2,1-3H3,(H,21,23)(H,22,24). The molecular formula is C18H20FN3O5. The molecule has 3 N–H and O–H groups in total. The third kappa shape index (κ3) is 5.24. The molecule has 0 unspecified atom stereocenters. The van der Waals surface area contributed by atoms with Gasteiger partial charge in [-0.2, -0.15) is 0 Å². The minimum atomic E-state index is -0.576. The van der Waals surface area contributed by atoms with Crippen LogP contribution in [0.4, 0.5) is 10.1 Å². The molecule has 144 valence electrons. The average molecular weight is 377 g/mol. The highest BCUT2D eigenvalue weighted by Gasteiger charge is 2.17. The summed E-state index contributed by atoms with van der Waals surface area (Å²) in [6, 6.07) is 8.58. The van der Waals surface area contributed by atoms with Crippen LogP contribution in [0.5, 0.6) is 17.2 Å². The molecule has 0 atom stereocenters. The van der Waals surface area contributed by atoms with E-state index < -0.39 is 17.6 Å². The topological polar surface area (TPSA) is 97.9 Å². The zero-order valence-corrected chi connectivity index (χ0v) is 15.1. The summed E-state index contributed by atoms with van der Waals surface area (Å²) in [5.41, 5.74) is 5.19. The number of amides is 2. The zero-order valence-electron chi connectivity index (χ0n) is 15.1. The maximum absolute atomic E-state index is 13.1. The number of ether oxygens (including phenoxy) is 3. The molecule has 0 radical (unpaired) electrons. The second-order valence-corrected chi connectivity index (χ2v) is 5.28. The molecule has 0 aliphatic rings. The van der Waals surface area contributed by atoms with Gasteiger partial charge in [0.2, 0.25) is 5.75 Å². The number of rotatable bonds is 7. The maximum atomic E-state index is 13.1. The number of hydrogen-bond donors (Lipinski definition) is 3. The van der Waals surface area contributed by atoms with E-state index in [0.717, 1.165) is 0 Å². The third-order valence-corrected chi connectivity index (χ3v) is 3.52. The van der Waals surface area contributed by atoms with Gasteiger partial charge in [-0.05, 0) is 30.3 Å². The molecule has 0 fully saturated rings. The van der Waals surface area contributed by atoms with Crippen LogP contribution in [-0.2, 0) is 4.79 Å². The molecule has 27 heavy (non-hydrogen) atoms. The van der Waals surface area contributed by atoms with Gasteiger partial charge in [0.15, 0.2) is 11.5 Å². The van der Waals surface area contributed by atoms with E-state index in [0.29, 0.717) is 22.9 Å². The lowest BCUT2D eigenvalue weighted by Gasteiger charge is -2.14. The number of halogens is 1. The van der Waals surface area contributed by atoms with E-state index in [1.54, 1.807) is 6.07 Å². The SMILES string of the molecule is COc1cc(C(=O)NNC(=O)CNc2cccc(F)c2)cc(OC)c1OC. The summed E-state index contributed by atoms with van der Waals surface area (Å²) in [6.45, 7) is -0.154. The van der Waals surface area contributed by atoms with Gasteiger partial charge in [0, 0.05) is 11.3 Å². The van der Waals surface area contributed by atoms with E-state index in [-0.39, 0.29) is 12.1 Å². The Bertz CT molecular complexity index is 803. The first-order chi connectivity index (χ1) is 13.0. The fourth-order valence-electron chi connectivity index (χ4n) is 2.24. The van der Waals surface area contributed by atoms with Gasteiger partial charge in [-0.25, -0.2) is 4.39 Å². The predicted octanol–water partition coefficient (Wildman–Crippen LogP) is 1.72. The molecule has 2 rings (SSSR count). The second kappa shape index (κ2) is 9.27. The molecular weight excluding hydrogens is 357 g/mol. The number of methoxy groups -OCH3 is 3. The van der Waals surface area contributed by atoms with Crippen LogP contribution in [0.3, 0.4) is 0 Å². The Hall–Kier alpha value is -3.49. The first kappa shape index (κ1) is 19.8. The van der Waals surface area contributed by atoms with Crippen molar-refractivity contribution in [3.05, 3.63) is 47.8 Å². The van der Waals surface area contributed by atoms with E-state index in [1.807, 2.05) is 0 Å². The highest BCUT2D eigenvalue weighted by Crippen LogP contribution is 2.38. The Morgan fingerprint density at radius 2 is 1.63 bits per heavy atom. The minimum Gasteiger partial charge on any atom is -0.493 e. The van der Waals surface area contributed by atoms with Gasteiger partial charge in [0.05, 0.1) is 27.9 Å². The predicted molar refractivity (Wildman–Crippen MR) is 96.6 cm³/mol. The summed E-state index contributed by atoms with van der Waals surface area (Å²) in [5.74, 6) is -0.549. The second-order valence-electron chi connectivity index (χ2n) is 5.28. The lowest BCUT2D eigenvalue weighted by molar-refractivity contribution is -0.120. The Morgan fingerprint density at radius 3 is 2.19 bits per heavy atom. The van der Waals surface area contributed by atoms with Crippen molar-refractivity contribution >= 4 is 17.5 Å². The number of carbonyl (C=O) groups excluding carboxylic acids is 2. The van der Waals surface area contributed by atoms with Crippen molar-refractivity contribution in [2.75, 3.05) is 33.2 Å². The van der Waals surface area contributed by atoms with Crippen molar-refractivity contribution in [3.63, 3.8) is 0 Å². The fourth-order valence-corrected chi connectivity index (χ4v) is 2.24. The molecule has 0 heterocycles. The molecule has 2 aromatic rings. The number of anilines is 1. The summed E-state index contributed by atoms with van der Waals surface area (Å²) in [7, 11) is 4.31. The van der Waals surface area contributed by atoms with Gasteiger partial charge in [-0.1, -0.05) is 6.07 Å². The Morgan fingerprint density at radius 1 is 0.963 bits per heavy atom. The lowest BCUT2D eigenvalue weighted by atomic mass is 10.1. The molecule has 9 heteroatoms. The van der Waals surface area contributed by atoms with Crippen LogP contribution >= 0.6 is 0 Å². The molecule has 0 saturated carbocycles. The summed E-state index contributed by atoms with van der Waals surface area (Å²) in [4.78, 5) is 24.1. The number of nitrogens with one attached hydrogen (secondary N) is 3. The third-order valence-electron chi connectivity index (χ3n) is 3.52. The number of benzene rings is 2. The smallest absolute Gasteiger partial charge is 0.269 e. The van der Waals surface area contributed by atoms with E-state index in [9.17, 15) is 14.0 Å². The zero-order chi connectivity index (χ0) is 19.8. The van der Waals surface area contributed by atoms with Crippen LogP contribution in [0, 0.1) is 5.82 Å². The maximum Gasteiger partial charge on any atom is 0.269 e. The Balaban J connectivity index is 1.95. The van der Waals surface area contributed by atoms with Crippen LogP contribution in [-0.4, -0.2) is 39.7 Å². The van der Waals surface area contributed by atoms with Crippen LogP contribution in [0.15, 0.2) is 36.4 Å². The summed E-state index contributed by atoms with van der Waals surface area (Å²) in [6.07, 6.45) is 0. The van der Waals surface area contributed by atoms with Crippen molar-refractivity contribution in [1.82, 2.24) is 10.9 Å².